The molecule has 122 valence electrons. The van der Waals surface area contributed by atoms with E-state index in [1.807, 2.05) is 17.0 Å². The Morgan fingerprint density at radius 3 is 2.64 bits per heavy atom. The molecule has 2 heterocycles. The van der Waals surface area contributed by atoms with E-state index in [9.17, 15) is 9.59 Å². The highest BCUT2D eigenvalue weighted by molar-refractivity contribution is 5.79. The first kappa shape index (κ1) is 16.5. The van der Waals surface area contributed by atoms with E-state index in [4.69, 9.17) is 4.42 Å². The van der Waals surface area contributed by atoms with E-state index in [1.165, 1.54) is 0 Å². The highest BCUT2D eigenvalue weighted by atomic mass is 16.3. The molecule has 0 aliphatic carbocycles. The highest BCUT2D eigenvalue weighted by Crippen LogP contribution is 2.04. The van der Waals surface area contributed by atoms with Crippen molar-refractivity contribution in [2.45, 2.75) is 26.2 Å². The zero-order valence-corrected chi connectivity index (χ0v) is 13.2. The number of likely N-dealkylation sites (N-methyl/N-ethyl adjacent to an activating group) is 1. The van der Waals surface area contributed by atoms with E-state index in [2.05, 4.69) is 17.1 Å². The van der Waals surface area contributed by atoms with Gasteiger partial charge >= 0.3 is 0 Å². The van der Waals surface area contributed by atoms with Gasteiger partial charge in [0.15, 0.2) is 0 Å². The summed E-state index contributed by atoms with van der Waals surface area (Å²) in [5, 5.41) is 2.80. The number of amides is 2. The van der Waals surface area contributed by atoms with Crippen LogP contribution in [0, 0.1) is 0 Å². The molecule has 0 aromatic carbocycles. The van der Waals surface area contributed by atoms with Crippen LogP contribution in [0.5, 0.6) is 0 Å². The number of rotatable bonds is 7. The van der Waals surface area contributed by atoms with E-state index in [1.54, 1.807) is 6.26 Å². The lowest BCUT2D eigenvalue weighted by molar-refractivity contribution is -0.132. The largest absolute Gasteiger partial charge is 0.469 e. The maximum Gasteiger partial charge on any atom is 0.224 e. The molecule has 0 saturated carbocycles. The summed E-state index contributed by atoms with van der Waals surface area (Å²) >= 11 is 0. The molecule has 0 atom stereocenters. The number of piperazine rings is 1. The van der Waals surface area contributed by atoms with Crippen LogP contribution in [-0.2, 0) is 16.0 Å². The first-order valence-electron chi connectivity index (χ1n) is 7.98. The van der Waals surface area contributed by atoms with E-state index < -0.39 is 0 Å². The molecule has 1 aliphatic heterocycles. The van der Waals surface area contributed by atoms with Gasteiger partial charge in [0.25, 0.3) is 0 Å². The Kier molecular flexibility index (Phi) is 6.45. The maximum atomic E-state index is 12.1. The second-order valence-electron chi connectivity index (χ2n) is 5.49. The lowest BCUT2D eigenvalue weighted by atomic mass is 10.2. The number of nitrogens with one attached hydrogen (secondary N) is 1. The fourth-order valence-corrected chi connectivity index (χ4v) is 2.56. The van der Waals surface area contributed by atoms with Crippen LogP contribution in [0.1, 0.15) is 25.5 Å². The van der Waals surface area contributed by atoms with Crippen LogP contribution in [0.25, 0.3) is 0 Å². The second-order valence-corrected chi connectivity index (χ2v) is 5.49. The van der Waals surface area contributed by atoms with Gasteiger partial charge in [-0.1, -0.05) is 6.92 Å². The van der Waals surface area contributed by atoms with Gasteiger partial charge in [0, 0.05) is 52.0 Å². The summed E-state index contributed by atoms with van der Waals surface area (Å²) < 4.78 is 5.18. The lowest BCUT2D eigenvalue weighted by Gasteiger charge is -2.34. The van der Waals surface area contributed by atoms with Gasteiger partial charge in [-0.3, -0.25) is 9.59 Å². The van der Waals surface area contributed by atoms with Crippen molar-refractivity contribution in [3.8, 4) is 0 Å². The first-order chi connectivity index (χ1) is 10.7. The van der Waals surface area contributed by atoms with Crippen LogP contribution in [0.2, 0.25) is 0 Å². The number of carbonyl (C=O) groups excluding carboxylic acids is 2. The van der Waals surface area contributed by atoms with Crippen LogP contribution >= 0.6 is 0 Å². The van der Waals surface area contributed by atoms with Crippen molar-refractivity contribution >= 4 is 11.8 Å². The van der Waals surface area contributed by atoms with Gasteiger partial charge in [0.05, 0.1) is 6.26 Å². The molecule has 1 saturated heterocycles. The van der Waals surface area contributed by atoms with Crippen LogP contribution in [0.4, 0.5) is 0 Å². The predicted octanol–water partition coefficient (Wildman–Crippen LogP) is 0.883. The van der Waals surface area contributed by atoms with Gasteiger partial charge in [0.2, 0.25) is 11.8 Å². The minimum absolute atomic E-state index is 0.0417. The van der Waals surface area contributed by atoms with Crippen LogP contribution in [-0.4, -0.2) is 60.9 Å². The van der Waals surface area contributed by atoms with Gasteiger partial charge in [0.1, 0.15) is 5.76 Å². The molecule has 6 heteroatoms. The molecule has 0 radical (unpaired) electrons. The molecule has 1 aromatic rings. The standard InChI is InChI=1S/C16H25N3O3/c1-2-18-9-11-19(12-10-18)16(21)7-8-17-15(20)6-5-14-4-3-13-22-14/h3-4,13H,2,5-12H2,1H3,(H,17,20). The lowest BCUT2D eigenvalue weighted by Crippen LogP contribution is -2.49. The van der Waals surface area contributed by atoms with E-state index >= 15 is 0 Å². The van der Waals surface area contributed by atoms with Crippen molar-refractivity contribution in [3.63, 3.8) is 0 Å². The van der Waals surface area contributed by atoms with Crippen molar-refractivity contribution in [1.82, 2.24) is 15.1 Å². The summed E-state index contributed by atoms with van der Waals surface area (Å²) in [5.41, 5.74) is 0. The van der Waals surface area contributed by atoms with E-state index in [0.717, 1.165) is 38.5 Å². The Bertz CT molecular complexity index is 465. The number of hydrogen-bond acceptors (Lipinski definition) is 4. The average molecular weight is 307 g/mol. The summed E-state index contributed by atoms with van der Waals surface area (Å²) in [6.45, 7) is 7.04. The third kappa shape index (κ3) is 5.18. The molecule has 1 N–H and O–H groups in total. The fraction of sp³-hybridized carbons (Fsp3) is 0.625. The zero-order chi connectivity index (χ0) is 15.8. The normalized spacial score (nSPS) is 15.8. The maximum absolute atomic E-state index is 12.1. The van der Waals surface area contributed by atoms with Crippen LogP contribution < -0.4 is 5.32 Å². The molecule has 1 fully saturated rings. The van der Waals surface area contributed by atoms with E-state index in [-0.39, 0.29) is 11.8 Å². The molecule has 6 nitrogen and oxygen atoms in total. The Labute approximate surface area is 131 Å². The monoisotopic (exact) mass is 307 g/mol. The summed E-state index contributed by atoms with van der Waals surface area (Å²) in [7, 11) is 0. The third-order valence-electron chi connectivity index (χ3n) is 4.01. The van der Waals surface area contributed by atoms with Gasteiger partial charge in [-0.25, -0.2) is 0 Å². The summed E-state index contributed by atoms with van der Waals surface area (Å²) in [4.78, 5) is 28.0. The first-order valence-corrected chi connectivity index (χ1v) is 7.98. The molecule has 1 aromatic heterocycles. The minimum Gasteiger partial charge on any atom is -0.469 e. The van der Waals surface area contributed by atoms with Gasteiger partial charge in [-0.15, -0.1) is 0 Å². The topological polar surface area (TPSA) is 65.8 Å². The summed E-state index contributed by atoms with van der Waals surface area (Å²) in [5.74, 6) is 0.891. The van der Waals surface area contributed by atoms with Crippen LogP contribution in [0.3, 0.4) is 0 Å². The fourth-order valence-electron chi connectivity index (χ4n) is 2.56. The van der Waals surface area contributed by atoms with Crippen molar-refractivity contribution in [1.29, 1.82) is 0 Å². The zero-order valence-electron chi connectivity index (χ0n) is 13.2. The molecule has 0 spiro atoms. The Balaban J connectivity index is 1.57. The number of hydrogen-bond donors (Lipinski definition) is 1. The van der Waals surface area contributed by atoms with Crippen molar-refractivity contribution in [2.24, 2.45) is 0 Å². The molecule has 2 amide bonds. The Morgan fingerprint density at radius 1 is 1.23 bits per heavy atom. The van der Waals surface area contributed by atoms with Crippen molar-refractivity contribution in [3.05, 3.63) is 24.2 Å². The van der Waals surface area contributed by atoms with Crippen molar-refractivity contribution < 1.29 is 14.0 Å². The summed E-state index contributed by atoms with van der Waals surface area (Å²) in [6, 6.07) is 3.66. The van der Waals surface area contributed by atoms with E-state index in [0.29, 0.717) is 25.8 Å². The Hall–Kier alpha value is -1.82. The quantitative estimate of drug-likeness (QED) is 0.812. The number of nitrogens with zero attached hydrogens (tertiary/aromatic N) is 2. The Morgan fingerprint density at radius 2 is 2.00 bits per heavy atom. The van der Waals surface area contributed by atoms with Gasteiger partial charge in [-0.05, 0) is 18.7 Å². The molecule has 2 rings (SSSR count). The number of furan rings is 1. The predicted molar refractivity (Wildman–Crippen MR) is 83.3 cm³/mol. The minimum atomic E-state index is -0.0417. The second kappa shape index (κ2) is 8.58. The number of carbonyl (C=O) groups is 2. The number of aryl methyl sites for hydroxylation is 1. The molecule has 0 bridgehead atoms. The average Bonchev–Trinajstić information content (AvgIpc) is 3.06. The smallest absolute Gasteiger partial charge is 0.224 e. The SMILES string of the molecule is CCN1CCN(C(=O)CCNC(=O)CCc2ccco2)CC1. The van der Waals surface area contributed by atoms with Gasteiger partial charge < -0.3 is 19.5 Å². The molecular formula is C16H25N3O3. The van der Waals surface area contributed by atoms with Crippen LogP contribution in [0.15, 0.2) is 22.8 Å². The molecule has 1 aliphatic rings. The van der Waals surface area contributed by atoms with Gasteiger partial charge in [-0.2, -0.15) is 0 Å². The molecular weight excluding hydrogens is 282 g/mol. The molecule has 22 heavy (non-hydrogen) atoms. The molecule has 0 unspecified atom stereocenters. The highest BCUT2D eigenvalue weighted by Gasteiger charge is 2.19. The third-order valence-corrected chi connectivity index (χ3v) is 4.01. The van der Waals surface area contributed by atoms with Crippen molar-refractivity contribution in [2.75, 3.05) is 39.3 Å². The summed E-state index contributed by atoms with van der Waals surface area (Å²) in [6.07, 6.45) is 2.95.